The highest BCUT2D eigenvalue weighted by molar-refractivity contribution is 5.98. The normalized spacial score (nSPS) is 10.2. The van der Waals surface area contributed by atoms with E-state index in [-0.39, 0.29) is 0 Å². The highest BCUT2D eigenvalue weighted by Crippen LogP contribution is 2.31. The summed E-state index contributed by atoms with van der Waals surface area (Å²) in [4.78, 5) is 18.9. The Kier molecular flexibility index (Phi) is 12.2. The van der Waals surface area contributed by atoms with Crippen molar-refractivity contribution < 1.29 is 14.3 Å². The van der Waals surface area contributed by atoms with Crippen molar-refractivity contribution in [3.8, 4) is 22.8 Å². The van der Waals surface area contributed by atoms with E-state index in [0.29, 0.717) is 42.0 Å². The van der Waals surface area contributed by atoms with Crippen LogP contribution in [-0.4, -0.2) is 46.4 Å². The molecule has 36 heavy (non-hydrogen) atoms. The number of hydrogen-bond donors (Lipinski definition) is 2. The molecule has 9 nitrogen and oxygen atoms in total. The van der Waals surface area contributed by atoms with Crippen LogP contribution in [0, 0.1) is 0 Å². The SMILES string of the molecule is C/C=C/COC.CC.Nc1ncnc2c1c(-c1ccc(Oc3ccccc3)cc1)nn2CCNC=O. The number of fused-ring (bicyclic) bond motifs is 1. The Morgan fingerprint density at radius 3 is 2.33 bits per heavy atom. The lowest BCUT2D eigenvalue weighted by atomic mass is 10.1. The number of carbonyl (C=O) groups excluding carboxylic acids is 1. The fraction of sp³-hybridized carbons (Fsp3) is 0.259. The van der Waals surface area contributed by atoms with Gasteiger partial charge in [-0.2, -0.15) is 5.10 Å². The summed E-state index contributed by atoms with van der Waals surface area (Å²) >= 11 is 0. The van der Waals surface area contributed by atoms with Crippen molar-refractivity contribution in [3.63, 3.8) is 0 Å². The first kappa shape index (κ1) is 28.0. The molecule has 2 aromatic heterocycles. The van der Waals surface area contributed by atoms with Crippen molar-refractivity contribution >= 4 is 23.3 Å². The molecule has 0 aliphatic rings. The van der Waals surface area contributed by atoms with Crippen molar-refractivity contribution in [2.45, 2.75) is 27.3 Å². The average molecular weight is 491 g/mol. The van der Waals surface area contributed by atoms with E-state index in [1.165, 1.54) is 6.33 Å². The predicted octanol–water partition coefficient (Wildman–Crippen LogP) is 4.85. The maximum atomic E-state index is 10.5. The lowest BCUT2D eigenvalue weighted by Gasteiger charge is -2.06. The number of aromatic nitrogens is 4. The first-order valence-electron chi connectivity index (χ1n) is 11.7. The number of ether oxygens (including phenoxy) is 2. The van der Waals surface area contributed by atoms with Gasteiger partial charge < -0.3 is 20.5 Å². The summed E-state index contributed by atoms with van der Waals surface area (Å²) in [5.74, 6) is 1.85. The molecule has 0 spiro atoms. The Labute approximate surface area is 212 Å². The van der Waals surface area contributed by atoms with Crippen molar-refractivity contribution in [1.29, 1.82) is 0 Å². The molecule has 2 aromatic carbocycles. The van der Waals surface area contributed by atoms with Gasteiger partial charge in [-0.05, 0) is 43.3 Å². The van der Waals surface area contributed by atoms with Gasteiger partial charge in [-0.15, -0.1) is 0 Å². The van der Waals surface area contributed by atoms with E-state index in [0.717, 1.165) is 23.7 Å². The van der Waals surface area contributed by atoms with E-state index in [1.54, 1.807) is 11.8 Å². The fourth-order valence-corrected chi connectivity index (χ4v) is 3.12. The molecule has 0 bridgehead atoms. The number of allylic oxidation sites excluding steroid dienone is 1. The van der Waals surface area contributed by atoms with Gasteiger partial charge >= 0.3 is 0 Å². The Morgan fingerprint density at radius 1 is 1.03 bits per heavy atom. The minimum absolute atomic E-state index is 0.360. The molecule has 4 aromatic rings. The van der Waals surface area contributed by atoms with Crippen molar-refractivity contribution in [3.05, 3.63) is 73.1 Å². The smallest absolute Gasteiger partial charge is 0.207 e. The summed E-state index contributed by atoms with van der Waals surface area (Å²) in [6.45, 7) is 7.61. The Hall–Kier alpha value is -4.24. The second kappa shape index (κ2) is 15.6. The van der Waals surface area contributed by atoms with Crippen molar-refractivity contribution in [2.75, 3.05) is 26.0 Å². The number of nitrogen functional groups attached to an aromatic ring is 1. The Morgan fingerprint density at radius 2 is 1.72 bits per heavy atom. The molecular formula is C27H34N6O3. The topological polar surface area (TPSA) is 117 Å². The molecule has 0 saturated heterocycles. The molecule has 4 rings (SSSR count). The second-order valence-electron chi connectivity index (χ2n) is 7.07. The van der Waals surface area contributed by atoms with E-state index < -0.39 is 0 Å². The fourth-order valence-electron chi connectivity index (χ4n) is 3.12. The number of para-hydroxylation sites is 1. The zero-order chi connectivity index (χ0) is 26.2. The molecule has 9 heteroatoms. The van der Waals surface area contributed by atoms with E-state index >= 15 is 0 Å². The number of nitrogens with two attached hydrogens (primary N) is 1. The lowest BCUT2D eigenvalue weighted by Crippen LogP contribution is -2.18. The Balaban J connectivity index is 0.000000502. The molecule has 3 N–H and O–H groups in total. The van der Waals surface area contributed by atoms with Crippen LogP contribution < -0.4 is 15.8 Å². The maximum absolute atomic E-state index is 10.5. The van der Waals surface area contributed by atoms with Gasteiger partial charge in [-0.1, -0.05) is 44.2 Å². The monoisotopic (exact) mass is 490 g/mol. The predicted molar refractivity (Wildman–Crippen MR) is 144 cm³/mol. The molecular weight excluding hydrogens is 456 g/mol. The summed E-state index contributed by atoms with van der Waals surface area (Å²) < 4.78 is 12.2. The molecule has 0 unspecified atom stereocenters. The number of rotatable bonds is 9. The number of nitrogens with one attached hydrogen (secondary N) is 1. The lowest BCUT2D eigenvalue weighted by molar-refractivity contribution is -0.109. The number of hydrogen-bond acceptors (Lipinski definition) is 7. The molecule has 2 heterocycles. The third-order valence-electron chi connectivity index (χ3n) is 4.72. The van der Waals surface area contributed by atoms with Gasteiger partial charge in [-0.3, -0.25) is 4.79 Å². The van der Waals surface area contributed by atoms with Gasteiger partial charge in [0.05, 0.1) is 18.5 Å². The van der Waals surface area contributed by atoms with Gasteiger partial charge in [0, 0.05) is 19.2 Å². The van der Waals surface area contributed by atoms with Crippen LogP contribution in [0.3, 0.4) is 0 Å². The number of amides is 1. The third kappa shape index (κ3) is 7.92. The molecule has 0 fully saturated rings. The standard InChI is InChI=1S/C20H18N6O2.C5H10O.C2H6/c21-19-17-18(25-26(11-10-22-13-27)20(17)24-12-23-19)14-6-8-16(9-7-14)28-15-4-2-1-3-5-15;1-3-4-5-6-2;1-2/h1-9,12-13H,10-11H2,(H,22,27)(H2,21,23,24);3-4H,5H2,1-2H3;1-2H3/b;4-3+;. The largest absolute Gasteiger partial charge is 0.457 e. The van der Waals surface area contributed by atoms with Gasteiger partial charge in [-0.25, -0.2) is 14.6 Å². The van der Waals surface area contributed by atoms with Crippen LogP contribution in [0.2, 0.25) is 0 Å². The zero-order valence-corrected chi connectivity index (χ0v) is 21.2. The highest BCUT2D eigenvalue weighted by atomic mass is 16.5. The maximum Gasteiger partial charge on any atom is 0.207 e. The summed E-state index contributed by atoms with van der Waals surface area (Å²) in [5.41, 5.74) is 8.27. The van der Waals surface area contributed by atoms with Crippen LogP contribution in [0.5, 0.6) is 11.5 Å². The molecule has 190 valence electrons. The first-order valence-corrected chi connectivity index (χ1v) is 11.7. The summed E-state index contributed by atoms with van der Waals surface area (Å²) in [6, 6.07) is 17.2. The van der Waals surface area contributed by atoms with Crippen LogP contribution in [0.1, 0.15) is 20.8 Å². The molecule has 0 atom stereocenters. The third-order valence-corrected chi connectivity index (χ3v) is 4.72. The average Bonchev–Trinajstić information content (AvgIpc) is 3.30. The summed E-state index contributed by atoms with van der Waals surface area (Å²) in [5, 5.41) is 7.95. The molecule has 0 radical (unpaired) electrons. The second-order valence-corrected chi connectivity index (χ2v) is 7.07. The van der Waals surface area contributed by atoms with E-state index in [2.05, 4.69) is 20.4 Å². The Bertz CT molecular complexity index is 1210. The number of carbonyl (C=O) groups is 1. The van der Waals surface area contributed by atoms with E-state index in [4.69, 9.17) is 15.2 Å². The van der Waals surface area contributed by atoms with Gasteiger partial charge in [0.1, 0.15) is 29.3 Å². The molecule has 0 aliphatic heterocycles. The van der Waals surface area contributed by atoms with Crippen LogP contribution in [0.4, 0.5) is 5.82 Å². The minimum Gasteiger partial charge on any atom is -0.457 e. The van der Waals surface area contributed by atoms with E-state index in [1.807, 2.05) is 87.5 Å². The number of benzene rings is 2. The van der Waals surface area contributed by atoms with Crippen LogP contribution >= 0.6 is 0 Å². The van der Waals surface area contributed by atoms with Crippen LogP contribution in [-0.2, 0) is 16.1 Å². The zero-order valence-electron chi connectivity index (χ0n) is 21.2. The molecule has 0 saturated carbocycles. The number of nitrogens with zero attached hydrogens (tertiary/aromatic N) is 4. The summed E-state index contributed by atoms with van der Waals surface area (Å²) in [6.07, 6.45) is 5.98. The van der Waals surface area contributed by atoms with Crippen LogP contribution in [0.15, 0.2) is 73.1 Å². The van der Waals surface area contributed by atoms with Crippen LogP contribution in [0.25, 0.3) is 22.3 Å². The minimum atomic E-state index is 0.360. The number of anilines is 1. The van der Waals surface area contributed by atoms with Gasteiger partial charge in [0.15, 0.2) is 5.65 Å². The summed E-state index contributed by atoms with van der Waals surface area (Å²) in [7, 11) is 1.68. The molecule has 0 aliphatic carbocycles. The van der Waals surface area contributed by atoms with Crippen molar-refractivity contribution in [2.24, 2.45) is 0 Å². The highest BCUT2D eigenvalue weighted by Gasteiger charge is 2.17. The van der Waals surface area contributed by atoms with Crippen molar-refractivity contribution in [1.82, 2.24) is 25.1 Å². The van der Waals surface area contributed by atoms with Gasteiger partial charge in [0.2, 0.25) is 6.41 Å². The van der Waals surface area contributed by atoms with E-state index in [9.17, 15) is 4.79 Å². The number of methoxy groups -OCH3 is 1. The van der Waals surface area contributed by atoms with Gasteiger partial charge in [0.25, 0.3) is 0 Å². The first-order chi connectivity index (χ1) is 17.7. The molecule has 1 amide bonds. The quantitative estimate of drug-likeness (QED) is 0.196.